The van der Waals surface area contributed by atoms with E-state index in [9.17, 15) is 14.9 Å². The van der Waals surface area contributed by atoms with Gasteiger partial charge in [0.25, 0.3) is 5.69 Å². The summed E-state index contributed by atoms with van der Waals surface area (Å²) in [5.74, 6) is -0.430. The van der Waals surface area contributed by atoms with E-state index >= 15 is 0 Å². The van der Waals surface area contributed by atoms with Gasteiger partial charge in [-0.25, -0.2) is 4.68 Å². The van der Waals surface area contributed by atoms with Gasteiger partial charge in [-0.05, 0) is 29.0 Å². The number of hydrogen-bond acceptors (Lipinski definition) is 6. The van der Waals surface area contributed by atoms with Crippen LogP contribution in [0, 0.1) is 10.1 Å². The highest BCUT2D eigenvalue weighted by atomic mass is 16.6. The van der Waals surface area contributed by atoms with E-state index in [4.69, 9.17) is 5.11 Å². The van der Waals surface area contributed by atoms with Crippen LogP contribution in [0.25, 0.3) is 11.4 Å². The van der Waals surface area contributed by atoms with Gasteiger partial charge in [-0.2, -0.15) is 0 Å². The SMILES string of the molecule is O=C(O)CCCn1nnnc1-c1ccc([N+](=O)[O-])cc1. The minimum atomic E-state index is -0.880. The molecule has 9 heteroatoms. The molecule has 0 aliphatic rings. The Morgan fingerprint density at radius 3 is 2.65 bits per heavy atom. The van der Waals surface area contributed by atoms with Crippen LogP contribution >= 0.6 is 0 Å². The fourth-order valence-electron chi connectivity index (χ4n) is 1.67. The molecule has 1 aromatic heterocycles. The van der Waals surface area contributed by atoms with E-state index in [1.807, 2.05) is 0 Å². The predicted octanol–water partition coefficient (Wildman–Crippen LogP) is 1.11. The number of aryl methyl sites for hydroxylation is 1. The number of hydrogen-bond donors (Lipinski definition) is 1. The summed E-state index contributed by atoms with van der Waals surface area (Å²) in [4.78, 5) is 20.5. The molecule has 1 N–H and O–H groups in total. The molecule has 0 unspecified atom stereocenters. The fraction of sp³-hybridized carbons (Fsp3) is 0.273. The number of aliphatic carboxylic acids is 1. The molecule has 20 heavy (non-hydrogen) atoms. The van der Waals surface area contributed by atoms with Gasteiger partial charge < -0.3 is 5.11 Å². The topological polar surface area (TPSA) is 124 Å². The number of nitrogens with zero attached hydrogens (tertiary/aromatic N) is 5. The third-order valence-corrected chi connectivity index (χ3v) is 2.63. The van der Waals surface area contributed by atoms with Crippen LogP contribution in [0.2, 0.25) is 0 Å². The summed E-state index contributed by atoms with van der Waals surface area (Å²) in [5, 5.41) is 30.3. The van der Waals surface area contributed by atoms with Gasteiger partial charge in [0.1, 0.15) is 0 Å². The number of carboxylic acids is 1. The van der Waals surface area contributed by atoms with Crippen LogP contribution in [0.15, 0.2) is 24.3 Å². The first-order valence-corrected chi connectivity index (χ1v) is 5.80. The van der Waals surface area contributed by atoms with Gasteiger partial charge in [-0.1, -0.05) is 0 Å². The molecule has 1 heterocycles. The molecule has 0 bridgehead atoms. The van der Waals surface area contributed by atoms with E-state index in [1.54, 1.807) is 12.1 Å². The summed E-state index contributed by atoms with van der Waals surface area (Å²) in [6.45, 7) is 0.367. The van der Waals surface area contributed by atoms with Crippen molar-refractivity contribution in [2.75, 3.05) is 0 Å². The summed E-state index contributed by atoms with van der Waals surface area (Å²) in [6, 6.07) is 5.84. The lowest BCUT2D eigenvalue weighted by Gasteiger charge is -2.03. The zero-order valence-corrected chi connectivity index (χ0v) is 10.3. The molecule has 104 valence electrons. The van der Waals surface area contributed by atoms with Gasteiger partial charge >= 0.3 is 5.97 Å². The van der Waals surface area contributed by atoms with Crippen LogP contribution < -0.4 is 0 Å². The van der Waals surface area contributed by atoms with Gasteiger partial charge in [0, 0.05) is 30.7 Å². The van der Waals surface area contributed by atoms with Gasteiger partial charge in [-0.3, -0.25) is 14.9 Å². The predicted molar refractivity (Wildman–Crippen MR) is 66.8 cm³/mol. The maximum absolute atomic E-state index is 10.6. The van der Waals surface area contributed by atoms with Crippen molar-refractivity contribution in [2.45, 2.75) is 19.4 Å². The van der Waals surface area contributed by atoms with Crippen LogP contribution in [0.1, 0.15) is 12.8 Å². The first kappa shape index (κ1) is 13.6. The lowest BCUT2D eigenvalue weighted by Crippen LogP contribution is -2.05. The van der Waals surface area contributed by atoms with Crippen molar-refractivity contribution in [1.29, 1.82) is 0 Å². The van der Waals surface area contributed by atoms with Gasteiger partial charge in [0.2, 0.25) is 0 Å². The van der Waals surface area contributed by atoms with Crippen LogP contribution in [-0.4, -0.2) is 36.2 Å². The lowest BCUT2D eigenvalue weighted by atomic mass is 10.2. The van der Waals surface area contributed by atoms with Crippen molar-refractivity contribution in [2.24, 2.45) is 0 Å². The Bertz CT molecular complexity index is 622. The van der Waals surface area contributed by atoms with E-state index in [-0.39, 0.29) is 12.1 Å². The van der Waals surface area contributed by atoms with E-state index in [1.165, 1.54) is 16.8 Å². The average molecular weight is 277 g/mol. The second kappa shape index (κ2) is 5.87. The van der Waals surface area contributed by atoms with E-state index in [0.29, 0.717) is 24.4 Å². The highest BCUT2D eigenvalue weighted by molar-refractivity contribution is 5.66. The summed E-state index contributed by atoms with van der Waals surface area (Å²) in [5.41, 5.74) is 0.620. The number of carboxylic acid groups (broad SMARTS) is 1. The zero-order valence-electron chi connectivity index (χ0n) is 10.3. The van der Waals surface area contributed by atoms with Gasteiger partial charge in [0.15, 0.2) is 5.82 Å². The Hall–Kier alpha value is -2.84. The standard InChI is InChI=1S/C11H11N5O4/c17-10(18)2-1-7-15-11(12-13-14-15)8-3-5-9(6-4-8)16(19)20/h3-6H,1-2,7H2,(H,17,18). The summed E-state index contributed by atoms with van der Waals surface area (Å²) < 4.78 is 1.48. The summed E-state index contributed by atoms with van der Waals surface area (Å²) >= 11 is 0. The molecule has 0 atom stereocenters. The van der Waals surface area contributed by atoms with Crippen molar-refractivity contribution in [3.63, 3.8) is 0 Å². The van der Waals surface area contributed by atoms with Crippen molar-refractivity contribution in [3.8, 4) is 11.4 Å². The summed E-state index contributed by atoms with van der Waals surface area (Å²) in [6.07, 6.45) is 0.430. The molecule has 2 rings (SSSR count). The molecule has 1 aromatic carbocycles. The molecule has 0 aliphatic carbocycles. The van der Waals surface area contributed by atoms with E-state index in [0.717, 1.165) is 0 Å². The van der Waals surface area contributed by atoms with Crippen molar-refractivity contribution in [3.05, 3.63) is 34.4 Å². The number of rotatable bonds is 6. The average Bonchev–Trinajstić information content (AvgIpc) is 2.87. The molecule has 0 saturated carbocycles. The normalized spacial score (nSPS) is 10.4. The molecule has 0 fully saturated rings. The second-order valence-electron chi connectivity index (χ2n) is 4.03. The Morgan fingerprint density at radius 1 is 1.35 bits per heavy atom. The number of non-ortho nitro benzene ring substituents is 1. The number of aromatic nitrogens is 4. The molecule has 0 amide bonds. The van der Waals surface area contributed by atoms with Crippen molar-refractivity contribution >= 4 is 11.7 Å². The largest absolute Gasteiger partial charge is 0.481 e. The lowest BCUT2D eigenvalue weighted by molar-refractivity contribution is -0.384. The molecule has 0 spiro atoms. The zero-order chi connectivity index (χ0) is 14.5. The molecule has 0 radical (unpaired) electrons. The fourth-order valence-corrected chi connectivity index (χ4v) is 1.67. The molecule has 2 aromatic rings. The summed E-state index contributed by atoms with van der Waals surface area (Å²) in [7, 11) is 0. The number of benzene rings is 1. The van der Waals surface area contributed by atoms with Crippen molar-refractivity contribution in [1.82, 2.24) is 20.2 Å². The second-order valence-corrected chi connectivity index (χ2v) is 4.03. The molecule has 0 aliphatic heterocycles. The van der Waals surface area contributed by atoms with Crippen LogP contribution in [0.4, 0.5) is 5.69 Å². The minimum absolute atomic E-state index is 0.0151. The first-order chi connectivity index (χ1) is 9.58. The number of carbonyl (C=O) groups is 1. The van der Waals surface area contributed by atoms with Gasteiger partial charge in [0.05, 0.1) is 4.92 Å². The highest BCUT2D eigenvalue weighted by Gasteiger charge is 2.11. The third-order valence-electron chi connectivity index (χ3n) is 2.63. The Morgan fingerprint density at radius 2 is 2.05 bits per heavy atom. The van der Waals surface area contributed by atoms with E-state index < -0.39 is 10.9 Å². The van der Waals surface area contributed by atoms with E-state index in [2.05, 4.69) is 15.5 Å². The Kier molecular flexibility index (Phi) is 3.99. The number of tetrazole rings is 1. The molecule has 0 saturated heterocycles. The van der Waals surface area contributed by atoms with Crippen LogP contribution in [0.5, 0.6) is 0 Å². The van der Waals surface area contributed by atoms with Gasteiger partial charge in [-0.15, -0.1) is 5.10 Å². The highest BCUT2D eigenvalue weighted by Crippen LogP contribution is 2.20. The maximum atomic E-state index is 10.6. The molecular weight excluding hydrogens is 266 g/mol. The number of nitro benzene ring substituents is 1. The molecule has 9 nitrogen and oxygen atoms in total. The maximum Gasteiger partial charge on any atom is 0.303 e. The Balaban J connectivity index is 2.14. The van der Waals surface area contributed by atoms with Crippen LogP contribution in [-0.2, 0) is 11.3 Å². The van der Waals surface area contributed by atoms with Crippen LogP contribution in [0.3, 0.4) is 0 Å². The molecular formula is C11H11N5O4. The smallest absolute Gasteiger partial charge is 0.303 e. The minimum Gasteiger partial charge on any atom is -0.481 e. The van der Waals surface area contributed by atoms with Crippen molar-refractivity contribution < 1.29 is 14.8 Å². The Labute approximate surface area is 113 Å². The first-order valence-electron chi connectivity index (χ1n) is 5.80. The quantitative estimate of drug-likeness (QED) is 0.619. The monoisotopic (exact) mass is 277 g/mol. The third kappa shape index (κ3) is 3.13. The number of nitro groups is 1.